The van der Waals surface area contributed by atoms with Crippen molar-refractivity contribution in [3.63, 3.8) is 0 Å². The summed E-state index contributed by atoms with van der Waals surface area (Å²) in [6.45, 7) is 17.0. The highest BCUT2D eigenvalue weighted by Crippen LogP contribution is 2.42. The summed E-state index contributed by atoms with van der Waals surface area (Å²) in [6.07, 6.45) is 24.8. The third kappa shape index (κ3) is 14.2. The summed E-state index contributed by atoms with van der Waals surface area (Å²) in [6, 6.07) is 0. The fourth-order valence-corrected chi connectivity index (χ4v) is 6.67. The van der Waals surface area contributed by atoms with Crippen LogP contribution in [0.15, 0.2) is 58.6 Å². The second-order valence-corrected chi connectivity index (χ2v) is 15.5. The molecule has 2 aliphatic heterocycles. The highest BCUT2D eigenvalue weighted by Gasteiger charge is 2.48. The summed E-state index contributed by atoms with van der Waals surface area (Å²) in [7, 11) is -4.18. The maximum absolute atomic E-state index is 13.4. The molecule has 1 aliphatic carbocycles. The highest BCUT2D eigenvalue weighted by atomic mass is 32.2. The third-order valence-electron chi connectivity index (χ3n) is 8.17. The van der Waals surface area contributed by atoms with Gasteiger partial charge in [0.2, 0.25) is 5.91 Å². The monoisotopic (exact) mass is 647 g/mol. The summed E-state index contributed by atoms with van der Waals surface area (Å²) in [5.74, 6) is 3.60. The number of sulfone groups is 1. The Balaban J connectivity index is 0.000000754. The number of allylic oxidation sites excluding steroid dienone is 8. The Hall–Kier alpha value is -2.25. The smallest absolute Gasteiger partial charge is 0.229 e. The van der Waals surface area contributed by atoms with Gasteiger partial charge in [0.25, 0.3) is 0 Å². The maximum Gasteiger partial charge on any atom is 0.229 e. The lowest BCUT2D eigenvalue weighted by Gasteiger charge is -2.39. The second-order valence-electron chi connectivity index (χ2n) is 12.0. The molecule has 0 aromatic rings. The lowest BCUT2D eigenvalue weighted by molar-refractivity contribution is -0.138. The standard InChI is InChI=1S/C24H39N3O4S2.C8H14.C3H4/c1-4-20(17-25-32(29)5-2)18-26-14-11-24(12-15-26)13-16-27(23(24)28)19-21-7-6-8-22(10-9-21)33(3,30)31;1-4-5-6-7-8(2)3;1-3-2/h6,8-10,20,25H,4-5,7,11-19H2,1-3H3;4-5,7H,6H2,1-3H3;1H,2H3/b;5-4-;/t20-,32?;;/m1../s1. The zero-order chi connectivity index (χ0) is 33.2. The van der Waals surface area contributed by atoms with Gasteiger partial charge in [0.1, 0.15) is 0 Å². The predicted octanol–water partition coefficient (Wildman–Crippen LogP) is 5.97. The molecule has 1 amide bonds. The first-order valence-electron chi connectivity index (χ1n) is 15.9. The number of nitrogens with zero attached hydrogens (tertiary/aromatic N) is 2. The number of terminal acetylenes is 1. The van der Waals surface area contributed by atoms with E-state index in [0.717, 1.165) is 70.4 Å². The van der Waals surface area contributed by atoms with Crippen molar-refractivity contribution >= 4 is 26.7 Å². The molecule has 1 spiro atoms. The van der Waals surface area contributed by atoms with Crippen LogP contribution in [-0.2, 0) is 25.6 Å². The van der Waals surface area contributed by atoms with Gasteiger partial charge in [-0.3, -0.25) is 4.79 Å². The molecule has 0 bridgehead atoms. The van der Waals surface area contributed by atoms with Crippen molar-refractivity contribution in [3.8, 4) is 12.3 Å². The summed E-state index contributed by atoms with van der Waals surface area (Å²) >= 11 is 0. The number of amides is 1. The van der Waals surface area contributed by atoms with Gasteiger partial charge in [-0.15, -0.1) is 12.3 Å². The van der Waals surface area contributed by atoms with Crippen LogP contribution in [0.5, 0.6) is 0 Å². The van der Waals surface area contributed by atoms with Crippen molar-refractivity contribution in [1.82, 2.24) is 14.5 Å². The molecular formula is C35H57N3O4S2. The normalized spacial score (nSPS) is 19.5. The molecule has 2 fully saturated rings. The Bertz CT molecular complexity index is 1230. The van der Waals surface area contributed by atoms with Crippen molar-refractivity contribution in [2.24, 2.45) is 11.3 Å². The number of hydrogen-bond acceptors (Lipinski definition) is 5. The fraction of sp³-hybridized carbons (Fsp3) is 0.629. The van der Waals surface area contributed by atoms with Crippen LogP contribution >= 0.6 is 0 Å². The van der Waals surface area contributed by atoms with E-state index >= 15 is 0 Å². The van der Waals surface area contributed by atoms with Gasteiger partial charge in [0.15, 0.2) is 9.84 Å². The van der Waals surface area contributed by atoms with Gasteiger partial charge in [0, 0.05) is 38.2 Å². The molecule has 1 N–H and O–H groups in total. The molecular weight excluding hydrogens is 591 g/mol. The molecule has 3 rings (SSSR count). The molecule has 1 unspecified atom stereocenters. The minimum atomic E-state index is -3.23. The fourth-order valence-electron chi connectivity index (χ4n) is 5.39. The molecule has 0 radical (unpaired) electrons. The van der Waals surface area contributed by atoms with Crippen LogP contribution in [0.2, 0.25) is 0 Å². The van der Waals surface area contributed by atoms with Crippen LogP contribution in [0, 0.1) is 23.7 Å². The summed E-state index contributed by atoms with van der Waals surface area (Å²) in [5.41, 5.74) is 2.22. The maximum atomic E-state index is 13.4. The highest BCUT2D eigenvalue weighted by molar-refractivity contribution is 7.94. The first-order chi connectivity index (χ1) is 20.8. The van der Waals surface area contributed by atoms with Gasteiger partial charge in [-0.05, 0) is 96.5 Å². The lowest BCUT2D eigenvalue weighted by Crippen LogP contribution is -2.46. The average Bonchev–Trinajstić information content (AvgIpc) is 3.13. The molecule has 9 heteroatoms. The molecule has 7 nitrogen and oxygen atoms in total. The van der Waals surface area contributed by atoms with Gasteiger partial charge in [-0.2, -0.15) is 0 Å². The van der Waals surface area contributed by atoms with Gasteiger partial charge < -0.3 is 9.80 Å². The van der Waals surface area contributed by atoms with E-state index in [1.165, 1.54) is 11.8 Å². The van der Waals surface area contributed by atoms with E-state index in [-0.39, 0.29) is 11.3 Å². The Morgan fingerprint density at radius 2 is 1.82 bits per heavy atom. The van der Waals surface area contributed by atoms with Crippen LogP contribution in [0.25, 0.3) is 0 Å². The zero-order valence-electron chi connectivity index (χ0n) is 28.2. The van der Waals surface area contributed by atoms with Crippen molar-refractivity contribution in [1.29, 1.82) is 0 Å². The molecule has 0 saturated carbocycles. The zero-order valence-corrected chi connectivity index (χ0v) is 29.9. The Morgan fingerprint density at radius 3 is 2.36 bits per heavy atom. The molecule has 3 aliphatic rings. The largest absolute Gasteiger partial charge is 0.338 e. The number of hydrogen-bond donors (Lipinski definition) is 1. The van der Waals surface area contributed by atoms with E-state index in [9.17, 15) is 17.4 Å². The van der Waals surface area contributed by atoms with Crippen LogP contribution in [0.4, 0.5) is 0 Å². The van der Waals surface area contributed by atoms with E-state index < -0.39 is 20.8 Å². The Morgan fingerprint density at radius 1 is 1.18 bits per heavy atom. The first-order valence-corrected chi connectivity index (χ1v) is 19.1. The topological polar surface area (TPSA) is 86.8 Å². The van der Waals surface area contributed by atoms with E-state index in [1.807, 2.05) is 30.9 Å². The molecule has 44 heavy (non-hydrogen) atoms. The molecule has 2 heterocycles. The number of rotatable bonds is 12. The summed E-state index contributed by atoms with van der Waals surface area (Å²) in [4.78, 5) is 18.1. The number of carbonyl (C=O) groups excluding carboxylic acids is 1. The summed E-state index contributed by atoms with van der Waals surface area (Å²) < 4.78 is 38.4. The van der Waals surface area contributed by atoms with Crippen LogP contribution in [-0.4, -0.2) is 79.6 Å². The number of piperidine rings is 1. The summed E-state index contributed by atoms with van der Waals surface area (Å²) in [5, 5.41) is 0. The van der Waals surface area contributed by atoms with Crippen molar-refractivity contribution in [2.75, 3.05) is 51.3 Å². The van der Waals surface area contributed by atoms with Gasteiger partial charge in [-0.1, -0.05) is 56.2 Å². The van der Waals surface area contributed by atoms with Gasteiger partial charge in [-0.25, -0.2) is 17.3 Å². The minimum Gasteiger partial charge on any atom is -0.338 e. The predicted molar refractivity (Wildman–Crippen MR) is 188 cm³/mol. The van der Waals surface area contributed by atoms with Crippen molar-refractivity contribution in [2.45, 2.75) is 80.1 Å². The number of nitrogens with one attached hydrogen (secondary N) is 1. The van der Waals surface area contributed by atoms with Crippen LogP contribution in [0.1, 0.15) is 80.1 Å². The Labute approximate surface area is 271 Å². The SMILES string of the molecule is C#CC.C/C=C\CC=C(C)C.CC[C@H](CNS(=O)CC)CN1CCC2(CC1)CCN(CC1=CC=C(S(C)(=O)=O)C=CC1)C2=O. The molecule has 2 saturated heterocycles. The lowest BCUT2D eigenvalue weighted by atomic mass is 9.77. The first kappa shape index (κ1) is 39.8. The quantitative estimate of drug-likeness (QED) is 0.208. The van der Waals surface area contributed by atoms with Gasteiger partial charge >= 0.3 is 0 Å². The van der Waals surface area contributed by atoms with E-state index in [1.54, 1.807) is 19.1 Å². The van der Waals surface area contributed by atoms with E-state index in [2.05, 4.69) is 61.0 Å². The van der Waals surface area contributed by atoms with E-state index in [0.29, 0.717) is 29.5 Å². The van der Waals surface area contributed by atoms with Crippen LogP contribution < -0.4 is 4.72 Å². The molecule has 2 atom stereocenters. The number of carbonyl (C=O) groups is 1. The minimum absolute atomic E-state index is 0.241. The van der Waals surface area contributed by atoms with Crippen molar-refractivity contribution < 1.29 is 17.4 Å². The second kappa shape index (κ2) is 20.7. The van der Waals surface area contributed by atoms with Gasteiger partial charge in [0.05, 0.1) is 21.3 Å². The molecule has 0 aromatic heterocycles. The van der Waals surface area contributed by atoms with Crippen molar-refractivity contribution in [3.05, 3.63) is 58.6 Å². The Kier molecular flexibility index (Phi) is 18.7. The molecule has 248 valence electrons. The average molecular weight is 648 g/mol. The third-order valence-corrected chi connectivity index (χ3v) is 10.3. The molecule has 0 aromatic carbocycles. The number of likely N-dealkylation sites (tertiary alicyclic amines) is 2. The van der Waals surface area contributed by atoms with E-state index in [4.69, 9.17) is 0 Å². The van der Waals surface area contributed by atoms with Crippen LogP contribution in [0.3, 0.4) is 0 Å².